The topological polar surface area (TPSA) is 42.8 Å². The van der Waals surface area contributed by atoms with Crippen LogP contribution in [0.2, 0.25) is 0 Å². The van der Waals surface area contributed by atoms with Crippen LogP contribution in [0.3, 0.4) is 0 Å². The summed E-state index contributed by atoms with van der Waals surface area (Å²) in [5, 5.41) is 5.00. The molecule has 0 N–H and O–H groups in total. The first-order chi connectivity index (χ1) is 15.6. The maximum Gasteiger partial charge on any atom is 0.231 e. The van der Waals surface area contributed by atoms with Gasteiger partial charge in [-0.05, 0) is 63.2 Å². The second-order valence-electron chi connectivity index (χ2n) is 9.22. The minimum absolute atomic E-state index is 0.284. The smallest absolute Gasteiger partial charge is 0.231 e. The van der Waals surface area contributed by atoms with E-state index in [1.807, 2.05) is 12.1 Å². The normalized spacial score (nSPS) is 18.4. The highest BCUT2D eigenvalue weighted by Crippen LogP contribution is 2.36. The molecule has 2 aliphatic rings. The average Bonchev–Trinajstić information content (AvgIpc) is 3.40. The molecule has 0 spiro atoms. The lowest BCUT2D eigenvalue weighted by Crippen LogP contribution is -2.37. The molecule has 0 aliphatic carbocycles. The molecule has 1 atom stereocenters. The highest BCUT2D eigenvalue weighted by Gasteiger charge is 2.21. The highest BCUT2D eigenvalue weighted by atomic mass is 16.7. The summed E-state index contributed by atoms with van der Waals surface area (Å²) in [4.78, 5) is 4.90. The van der Waals surface area contributed by atoms with Crippen LogP contribution in [0.15, 0.2) is 54.7 Å². The van der Waals surface area contributed by atoms with E-state index in [1.54, 1.807) is 0 Å². The van der Waals surface area contributed by atoms with Gasteiger partial charge < -0.3 is 19.3 Å². The third-order valence-corrected chi connectivity index (χ3v) is 6.40. The Labute approximate surface area is 190 Å². The van der Waals surface area contributed by atoms with Crippen LogP contribution in [0.5, 0.6) is 11.5 Å². The molecule has 1 aromatic heterocycles. The zero-order valence-electron chi connectivity index (χ0n) is 19.0. The molecule has 32 heavy (non-hydrogen) atoms. The van der Waals surface area contributed by atoms with Crippen molar-refractivity contribution in [2.45, 2.75) is 25.9 Å². The summed E-state index contributed by atoms with van der Waals surface area (Å²) < 4.78 is 13.2. The molecule has 168 valence electrons. The molecule has 2 aliphatic heterocycles. The Morgan fingerprint density at radius 1 is 1.09 bits per heavy atom. The van der Waals surface area contributed by atoms with E-state index in [9.17, 15) is 0 Å². The minimum Gasteiger partial charge on any atom is -0.454 e. The molecule has 0 amide bonds. The zero-order valence-corrected chi connectivity index (χ0v) is 19.0. The largest absolute Gasteiger partial charge is 0.454 e. The van der Waals surface area contributed by atoms with Gasteiger partial charge in [-0.15, -0.1) is 0 Å². The number of likely N-dealkylation sites (tertiary alicyclic amines) is 1. The molecule has 0 bridgehead atoms. The quantitative estimate of drug-likeness (QED) is 0.562. The van der Waals surface area contributed by atoms with Gasteiger partial charge in [0.25, 0.3) is 0 Å². The van der Waals surface area contributed by atoms with Crippen LogP contribution in [0.1, 0.15) is 24.0 Å². The number of fused-ring (bicyclic) bond motifs is 1. The van der Waals surface area contributed by atoms with E-state index < -0.39 is 0 Å². The first-order valence-electron chi connectivity index (χ1n) is 11.5. The van der Waals surface area contributed by atoms with Gasteiger partial charge >= 0.3 is 0 Å². The molecule has 1 saturated heterocycles. The first kappa shape index (κ1) is 21.0. The Bertz CT molecular complexity index is 1050. The average molecular weight is 433 g/mol. The standard InChI is InChI=1S/C26H32N4O2/c1-28-12-6-9-21(14-28)15-29(2)17-23-18-30(16-20-7-4-3-5-8-20)27-26(23)22-10-11-24-25(13-22)32-19-31-24/h3-5,7-8,10-11,13,18,21H,6,9,12,14-17,19H2,1-2H3/t21-/m1/s1. The Hall–Kier alpha value is -2.83. The summed E-state index contributed by atoms with van der Waals surface area (Å²) in [6, 6.07) is 16.6. The van der Waals surface area contributed by atoms with Crippen LogP contribution in [0, 0.1) is 5.92 Å². The molecule has 5 rings (SSSR count). The number of ether oxygens (including phenoxy) is 2. The van der Waals surface area contributed by atoms with E-state index in [0.29, 0.717) is 0 Å². The number of rotatable bonds is 7. The van der Waals surface area contributed by atoms with Crippen LogP contribution < -0.4 is 9.47 Å². The van der Waals surface area contributed by atoms with Crippen molar-refractivity contribution in [1.82, 2.24) is 19.6 Å². The molecular formula is C26H32N4O2. The molecule has 2 aromatic carbocycles. The van der Waals surface area contributed by atoms with Crippen LogP contribution in [-0.2, 0) is 13.1 Å². The predicted octanol–water partition coefficient (Wildman–Crippen LogP) is 4.10. The number of nitrogens with zero attached hydrogens (tertiary/aromatic N) is 4. The lowest BCUT2D eigenvalue weighted by atomic mass is 9.98. The van der Waals surface area contributed by atoms with Crippen LogP contribution in [-0.4, -0.2) is 60.1 Å². The molecule has 0 radical (unpaired) electrons. The van der Waals surface area contributed by atoms with Crippen molar-refractivity contribution in [3.8, 4) is 22.8 Å². The number of piperidine rings is 1. The van der Waals surface area contributed by atoms with E-state index >= 15 is 0 Å². The molecular weight excluding hydrogens is 400 g/mol. The summed E-state index contributed by atoms with van der Waals surface area (Å²) in [7, 11) is 4.46. The van der Waals surface area contributed by atoms with Gasteiger partial charge in [-0.1, -0.05) is 30.3 Å². The van der Waals surface area contributed by atoms with Crippen molar-refractivity contribution in [2.24, 2.45) is 5.92 Å². The van der Waals surface area contributed by atoms with E-state index in [1.165, 1.54) is 37.1 Å². The third kappa shape index (κ3) is 4.81. The Morgan fingerprint density at radius 2 is 1.94 bits per heavy atom. The van der Waals surface area contributed by atoms with E-state index in [4.69, 9.17) is 14.6 Å². The van der Waals surface area contributed by atoms with Gasteiger partial charge in [0, 0.05) is 37.0 Å². The molecule has 0 saturated carbocycles. The monoisotopic (exact) mass is 432 g/mol. The fraction of sp³-hybridized carbons (Fsp3) is 0.423. The second kappa shape index (κ2) is 9.35. The predicted molar refractivity (Wildman–Crippen MR) is 126 cm³/mol. The maximum absolute atomic E-state index is 5.62. The summed E-state index contributed by atoms with van der Waals surface area (Å²) in [6.45, 7) is 5.43. The lowest BCUT2D eigenvalue weighted by Gasteiger charge is -2.32. The van der Waals surface area contributed by atoms with Crippen molar-refractivity contribution < 1.29 is 9.47 Å². The summed E-state index contributed by atoms with van der Waals surface area (Å²) >= 11 is 0. The van der Waals surface area contributed by atoms with Crippen LogP contribution in [0.25, 0.3) is 11.3 Å². The maximum atomic E-state index is 5.62. The Balaban J connectivity index is 1.39. The van der Waals surface area contributed by atoms with Gasteiger partial charge in [-0.3, -0.25) is 4.68 Å². The van der Waals surface area contributed by atoms with Crippen LogP contribution >= 0.6 is 0 Å². The van der Waals surface area contributed by atoms with E-state index in [2.05, 4.69) is 71.2 Å². The van der Waals surface area contributed by atoms with Gasteiger partial charge in [-0.2, -0.15) is 5.10 Å². The van der Waals surface area contributed by atoms with E-state index in [-0.39, 0.29) is 6.79 Å². The summed E-state index contributed by atoms with van der Waals surface area (Å²) in [5.74, 6) is 2.33. The number of hydrogen-bond donors (Lipinski definition) is 0. The van der Waals surface area contributed by atoms with Gasteiger partial charge in [0.1, 0.15) is 0 Å². The van der Waals surface area contributed by atoms with Gasteiger partial charge in [-0.25, -0.2) is 0 Å². The molecule has 3 heterocycles. The molecule has 6 nitrogen and oxygen atoms in total. The van der Waals surface area contributed by atoms with Crippen molar-refractivity contribution >= 4 is 0 Å². The number of hydrogen-bond acceptors (Lipinski definition) is 5. The summed E-state index contributed by atoms with van der Waals surface area (Å²) in [6.07, 6.45) is 4.82. The lowest BCUT2D eigenvalue weighted by molar-refractivity contribution is 0.164. The SMILES string of the molecule is CN1CCC[C@@H](CN(C)Cc2cn(Cc3ccccc3)nc2-c2ccc3c(c2)OCO3)C1. The Kier molecular flexibility index (Phi) is 6.14. The zero-order chi connectivity index (χ0) is 21.9. The van der Waals surface area contributed by atoms with Crippen molar-refractivity contribution in [3.05, 3.63) is 65.9 Å². The first-order valence-corrected chi connectivity index (χ1v) is 11.5. The fourth-order valence-corrected chi connectivity index (χ4v) is 4.94. The molecule has 0 unspecified atom stereocenters. The minimum atomic E-state index is 0.284. The van der Waals surface area contributed by atoms with Gasteiger partial charge in [0.05, 0.1) is 12.2 Å². The number of benzene rings is 2. The van der Waals surface area contributed by atoms with Crippen molar-refractivity contribution in [3.63, 3.8) is 0 Å². The third-order valence-electron chi connectivity index (χ3n) is 6.40. The number of aromatic nitrogens is 2. The van der Waals surface area contributed by atoms with Crippen LogP contribution in [0.4, 0.5) is 0 Å². The van der Waals surface area contributed by atoms with Gasteiger partial charge in [0.15, 0.2) is 11.5 Å². The second-order valence-corrected chi connectivity index (χ2v) is 9.22. The molecule has 1 fully saturated rings. The van der Waals surface area contributed by atoms with Crippen molar-refractivity contribution in [1.29, 1.82) is 0 Å². The van der Waals surface area contributed by atoms with Gasteiger partial charge in [0.2, 0.25) is 6.79 Å². The van der Waals surface area contributed by atoms with Crippen molar-refractivity contribution in [2.75, 3.05) is 40.5 Å². The highest BCUT2D eigenvalue weighted by molar-refractivity contribution is 5.67. The molecule has 3 aromatic rings. The van der Waals surface area contributed by atoms with E-state index in [0.717, 1.165) is 48.3 Å². The fourth-order valence-electron chi connectivity index (χ4n) is 4.94. The summed E-state index contributed by atoms with van der Waals surface area (Å²) in [5.41, 5.74) is 4.58. The Morgan fingerprint density at radius 3 is 2.78 bits per heavy atom. The molecule has 6 heteroatoms.